The van der Waals surface area contributed by atoms with Crippen molar-refractivity contribution in [1.29, 1.82) is 0 Å². The average molecular weight is 289 g/mol. The van der Waals surface area contributed by atoms with Gasteiger partial charge in [0.1, 0.15) is 11.5 Å². The summed E-state index contributed by atoms with van der Waals surface area (Å²) in [6, 6.07) is 9.46. The van der Waals surface area contributed by atoms with Gasteiger partial charge in [0.15, 0.2) is 0 Å². The van der Waals surface area contributed by atoms with E-state index in [0.29, 0.717) is 5.69 Å². The molecule has 0 unspecified atom stereocenters. The van der Waals surface area contributed by atoms with Crippen LogP contribution in [0.1, 0.15) is 10.4 Å². The number of anilines is 2. The Morgan fingerprint density at radius 2 is 2.00 bits per heavy atom. The van der Waals surface area contributed by atoms with E-state index in [1.807, 2.05) is 0 Å². The van der Waals surface area contributed by atoms with E-state index in [-0.39, 0.29) is 16.9 Å². The number of nitro groups is 1. The predicted molar refractivity (Wildman–Crippen MR) is 77.0 cm³/mol. The van der Waals surface area contributed by atoms with Crippen molar-refractivity contribution in [3.63, 3.8) is 0 Å². The zero-order valence-electron chi connectivity index (χ0n) is 11.1. The molecule has 0 aliphatic carbocycles. The van der Waals surface area contributed by atoms with E-state index in [0.717, 1.165) is 6.07 Å². The molecule has 0 aromatic heterocycles. The van der Waals surface area contributed by atoms with Crippen LogP contribution in [0, 0.1) is 15.9 Å². The number of benzene rings is 2. The molecule has 2 rings (SSSR count). The first-order valence-electron chi connectivity index (χ1n) is 6.04. The molecule has 0 aliphatic rings. The molecule has 0 saturated carbocycles. The number of amides is 1. The second-order valence-corrected chi connectivity index (χ2v) is 4.20. The van der Waals surface area contributed by atoms with Crippen molar-refractivity contribution in [3.8, 4) is 0 Å². The normalized spacial score (nSPS) is 10.0. The Morgan fingerprint density at radius 1 is 1.24 bits per heavy atom. The lowest BCUT2D eigenvalue weighted by atomic mass is 10.1. The Kier molecular flexibility index (Phi) is 4.13. The summed E-state index contributed by atoms with van der Waals surface area (Å²) in [5.74, 6) is -1.03. The van der Waals surface area contributed by atoms with Gasteiger partial charge in [0, 0.05) is 24.4 Å². The highest BCUT2D eigenvalue weighted by Gasteiger charge is 2.16. The fraction of sp³-hybridized carbons (Fsp3) is 0.0714. The number of carbonyl (C=O) groups excluding carboxylic acids is 1. The van der Waals surface area contributed by atoms with Crippen molar-refractivity contribution in [2.24, 2.45) is 0 Å². The molecule has 0 spiro atoms. The van der Waals surface area contributed by atoms with Crippen molar-refractivity contribution in [3.05, 3.63) is 64.0 Å². The van der Waals surface area contributed by atoms with Crippen molar-refractivity contribution >= 4 is 23.0 Å². The van der Waals surface area contributed by atoms with Gasteiger partial charge in [0.25, 0.3) is 11.6 Å². The van der Waals surface area contributed by atoms with Crippen molar-refractivity contribution in [1.82, 2.24) is 0 Å². The van der Waals surface area contributed by atoms with Crippen molar-refractivity contribution in [2.45, 2.75) is 0 Å². The average Bonchev–Trinajstić information content (AvgIpc) is 2.46. The third kappa shape index (κ3) is 3.33. The van der Waals surface area contributed by atoms with Gasteiger partial charge in [-0.15, -0.1) is 0 Å². The number of halogens is 1. The molecular formula is C14H12FN3O3. The maximum atomic E-state index is 13.0. The van der Waals surface area contributed by atoms with Gasteiger partial charge in [-0.2, -0.15) is 0 Å². The number of carbonyl (C=O) groups is 1. The molecule has 0 atom stereocenters. The van der Waals surface area contributed by atoms with Gasteiger partial charge in [-0.3, -0.25) is 14.9 Å². The summed E-state index contributed by atoms with van der Waals surface area (Å²) in [6.45, 7) is 0. The molecule has 2 aromatic carbocycles. The predicted octanol–water partition coefficient (Wildman–Crippen LogP) is 3.03. The third-order valence-corrected chi connectivity index (χ3v) is 2.81. The Labute approximate surface area is 119 Å². The van der Waals surface area contributed by atoms with Gasteiger partial charge >= 0.3 is 0 Å². The number of hydrogen-bond acceptors (Lipinski definition) is 4. The fourth-order valence-corrected chi connectivity index (χ4v) is 1.80. The zero-order chi connectivity index (χ0) is 15.4. The minimum Gasteiger partial charge on any atom is -0.383 e. The second-order valence-electron chi connectivity index (χ2n) is 4.20. The molecule has 7 heteroatoms. The van der Waals surface area contributed by atoms with Crippen LogP contribution in [0.4, 0.5) is 21.5 Å². The smallest absolute Gasteiger partial charge is 0.293 e. The molecule has 0 aliphatic heterocycles. The lowest BCUT2D eigenvalue weighted by Gasteiger charge is -2.07. The van der Waals surface area contributed by atoms with Crippen LogP contribution in [-0.4, -0.2) is 17.9 Å². The standard InChI is InChI=1S/C14H12FN3O3/c1-16-12-6-5-9(7-13(12)18(20)21)14(19)17-11-4-2-3-10(15)8-11/h2-8,16H,1H3,(H,17,19). The highest BCUT2D eigenvalue weighted by Crippen LogP contribution is 2.25. The summed E-state index contributed by atoms with van der Waals surface area (Å²) < 4.78 is 13.0. The summed E-state index contributed by atoms with van der Waals surface area (Å²) in [6.07, 6.45) is 0. The minimum atomic E-state index is -0.579. The maximum Gasteiger partial charge on any atom is 0.293 e. The molecule has 0 heterocycles. The van der Waals surface area contributed by atoms with Crippen molar-refractivity contribution in [2.75, 3.05) is 17.7 Å². The van der Waals surface area contributed by atoms with E-state index >= 15 is 0 Å². The number of rotatable bonds is 4. The van der Waals surface area contributed by atoms with Crippen LogP contribution in [0.2, 0.25) is 0 Å². The van der Waals surface area contributed by atoms with Gasteiger partial charge < -0.3 is 10.6 Å². The van der Waals surface area contributed by atoms with Crippen molar-refractivity contribution < 1.29 is 14.1 Å². The quantitative estimate of drug-likeness (QED) is 0.669. The summed E-state index contributed by atoms with van der Waals surface area (Å²) in [5.41, 5.74) is 0.497. The summed E-state index contributed by atoms with van der Waals surface area (Å²) in [5, 5.41) is 16.1. The fourth-order valence-electron chi connectivity index (χ4n) is 1.80. The van der Waals surface area contributed by atoms with Gasteiger partial charge in [-0.05, 0) is 30.3 Å². The van der Waals surface area contributed by atoms with E-state index in [9.17, 15) is 19.3 Å². The maximum absolute atomic E-state index is 13.0. The monoisotopic (exact) mass is 289 g/mol. The Bertz CT molecular complexity index is 704. The largest absolute Gasteiger partial charge is 0.383 e. The zero-order valence-corrected chi connectivity index (χ0v) is 11.1. The molecule has 2 N–H and O–H groups in total. The molecule has 6 nitrogen and oxygen atoms in total. The number of nitrogens with zero attached hydrogens (tertiary/aromatic N) is 1. The lowest BCUT2D eigenvalue weighted by Crippen LogP contribution is -2.12. The van der Waals surface area contributed by atoms with E-state index in [1.54, 1.807) is 7.05 Å². The van der Waals surface area contributed by atoms with Crippen LogP contribution < -0.4 is 10.6 Å². The first kappa shape index (κ1) is 14.4. The number of nitro benzene ring substituents is 1. The summed E-state index contributed by atoms with van der Waals surface area (Å²) >= 11 is 0. The molecule has 108 valence electrons. The Morgan fingerprint density at radius 3 is 2.62 bits per heavy atom. The molecule has 1 amide bonds. The van der Waals surface area contributed by atoms with E-state index in [1.165, 1.54) is 36.4 Å². The van der Waals surface area contributed by atoms with Gasteiger partial charge in [-0.1, -0.05) is 6.07 Å². The van der Waals surface area contributed by atoms with Crippen LogP contribution in [0.3, 0.4) is 0 Å². The molecule has 21 heavy (non-hydrogen) atoms. The highest BCUT2D eigenvalue weighted by molar-refractivity contribution is 6.05. The Hall–Kier alpha value is -2.96. The SMILES string of the molecule is CNc1ccc(C(=O)Nc2cccc(F)c2)cc1[N+](=O)[O-]. The van der Waals surface area contributed by atoms with Crippen LogP contribution in [0.15, 0.2) is 42.5 Å². The molecule has 0 radical (unpaired) electrons. The number of hydrogen-bond donors (Lipinski definition) is 2. The van der Waals surface area contributed by atoms with Crippen LogP contribution in [0.25, 0.3) is 0 Å². The van der Waals surface area contributed by atoms with Crippen LogP contribution in [0.5, 0.6) is 0 Å². The van der Waals surface area contributed by atoms with Crippen LogP contribution in [-0.2, 0) is 0 Å². The van der Waals surface area contributed by atoms with E-state index in [4.69, 9.17) is 0 Å². The highest BCUT2D eigenvalue weighted by atomic mass is 19.1. The third-order valence-electron chi connectivity index (χ3n) is 2.81. The molecule has 2 aromatic rings. The first-order chi connectivity index (χ1) is 10.0. The minimum absolute atomic E-state index is 0.116. The summed E-state index contributed by atoms with van der Waals surface area (Å²) in [4.78, 5) is 22.4. The molecule has 0 saturated heterocycles. The Balaban J connectivity index is 2.27. The molecule has 0 bridgehead atoms. The lowest BCUT2D eigenvalue weighted by molar-refractivity contribution is -0.384. The van der Waals surface area contributed by atoms with E-state index < -0.39 is 16.6 Å². The van der Waals surface area contributed by atoms with Gasteiger partial charge in [0.05, 0.1) is 4.92 Å². The topological polar surface area (TPSA) is 84.3 Å². The van der Waals surface area contributed by atoms with Gasteiger partial charge in [0.2, 0.25) is 0 Å². The van der Waals surface area contributed by atoms with Crippen LogP contribution >= 0.6 is 0 Å². The first-order valence-corrected chi connectivity index (χ1v) is 6.04. The molecular weight excluding hydrogens is 277 g/mol. The summed E-state index contributed by atoms with van der Waals surface area (Å²) in [7, 11) is 1.55. The molecule has 0 fully saturated rings. The van der Waals surface area contributed by atoms with Gasteiger partial charge in [-0.25, -0.2) is 4.39 Å². The van der Waals surface area contributed by atoms with E-state index in [2.05, 4.69) is 10.6 Å². The number of nitrogens with one attached hydrogen (secondary N) is 2. The second kappa shape index (κ2) is 6.00.